The first-order valence-corrected chi connectivity index (χ1v) is 11.6. The Bertz CT molecular complexity index is 1610. The second kappa shape index (κ2) is 9.62. The van der Waals surface area contributed by atoms with Gasteiger partial charge in [-0.15, -0.1) is 0 Å². The number of furan rings is 1. The van der Waals surface area contributed by atoms with E-state index in [-0.39, 0.29) is 17.4 Å². The van der Waals surface area contributed by atoms with Gasteiger partial charge in [0.05, 0.1) is 18.2 Å². The second-order valence-corrected chi connectivity index (χ2v) is 8.70. The van der Waals surface area contributed by atoms with Crippen molar-refractivity contribution in [2.24, 2.45) is 5.92 Å². The summed E-state index contributed by atoms with van der Waals surface area (Å²) in [6, 6.07) is 21.9. The number of carbonyl (C=O) groups excluding carboxylic acids is 1. The van der Waals surface area contributed by atoms with Crippen molar-refractivity contribution in [3.05, 3.63) is 88.8 Å². The van der Waals surface area contributed by atoms with Gasteiger partial charge in [-0.3, -0.25) is 4.79 Å². The predicted molar refractivity (Wildman–Crippen MR) is 138 cm³/mol. The van der Waals surface area contributed by atoms with Crippen molar-refractivity contribution in [3.8, 4) is 22.8 Å². The molecule has 0 saturated heterocycles. The van der Waals surface area contributed by atoms with Gasteiger partial charge in [0.1, 0.15) is 29.3 Å². The first-order valence-electron chi connectivity index (χ1n) is 11.6. The molecule has 0 bridgehead atoms. The molecule has 0 atom stereocenters. The van der Waals surface area contributed by atoms with Crippen LogP contribution in [-0.4, -0.2) is 13.0 Å². The molecule has 182 valence electrons. The van der Waals surface area contributed by atoms with E-state index in [2.05, 4.69) is 5.32 Å². The molecule has 5 rings (SSSR count). The van der Waals surface area contributed by atoms with Crippen molar-refractivity contribution >= 4 is 33.5 Å². The van der Waals surface area contributed by atoms with E-state index < -0.39 is 5.63 Å². The van der Waals surface area contributed by atoms with Gasteiger partial charge < -0.3 is 23.6 Å². The number of hydrogen-bond acceptors (Lipinski definition) is 6. The third kappa shape index (κ3) is 4.43. The number of anilines is 1. The number of nitrogens with one attached hydrogen (secondary N) is 1. The van der Waals surface area contributed by atoms with E-state index in [0.717, 1.165) is 10.9 Å². The number of amides is 1. The maximum atomic E-state index is 12.7. The molecule has 0 aliphatic carbocycles. The number of fused-ring (bicyclic) bond motifs is 2. The summed E-state index contributed by atoms with van der Waals surface area (Å²) in [7, 11) is 1.53. The van der Waals surface area contributed by atoms with Gasteiger partial charge in [-0.05, 0) is 17.7 Å². The quantitative estimate of drug-likeness (QED) is 0.270. The van der Waals surface area contributed by atoms with Gasteiger partial charge >= 0.3 is 5.63 Å². The monoisotopic (exact) mass is 483 g/mol. The smallest absolute Gasteiger partial charge is 0.336 e. The van der Waals surface area contributed by atoms with Gasteiger partial charge in [0.15, 0.2) is 5.76 Å². The number of ether oxygens (including phenoxy) is 2. The largest absolute Gasteiger partial charge is 0.496 e. The van der Waals surface area contributed by atoms with Crippen LogP contribution in [0, 0.1) is 5.92 Å². The molecule has 0 unspecified atom stereocenters. The molecule has 2 heterocycles. The Labute approximate surface area is 207 Å². The number of carbonyl (C=O) groups is 1. The molecule has 7 nitrogen and oxygen atoms in total. The van der Waals surface area contributed by atoms with Gasteiger partial charge in [0.25, 0.3) is 0 Å². The molecule has 0 spiro atoms. The van der Waals surface area contributed by atoms with Crippen LogP contribution in [-0.2, 0) is 11.4 Å². The highest BCUT2D eigenvalue weighted by Crippen LogP contribution is 2.44. The first kappa shape index (κ1) is 23.2. The fraction of sp³-hybridized carbons (Fsp3) is 0.172. The summed E-state index contributed by atoms with van der Waals surface area (Å²) in [6.45, 7) is 3.96. The molecule has 0 saturated carbocycles. The van der Waals surface area contributed by atoms with E-state index in [1.165, 1.54) is 13.2 Å². The standard InChI is InChI=1S/C29H25NO6/c1-17(2)29(32)30-27-20-11-7-8-12-22(20)36-28(27)21-15-25(31)35-24-14-19(13-23(33-3)26(21)24)34-16-18-9-5-4-6-10-18/h4-15,17H,16H2,1-3H3,(H,30,32). The molecule has 2 aromatic heterocycles. The van der Waals surface area contributed by atoms with Gasteiger partial charge in [0, 0.05) is 35.1 Å². The van der Waals surface area contributed by atoms with E-state index in [0.29, 0.717) is 46.1 Å². The molecule has 5 aromatic rings. The van der Waals surface area contributed by atoms with Crippen LogP contribution in [0.3, 0.4) is 0 Å². The minimum atomic E-state index is -0.568. The maximum Gasteiger partial charge on any atom is 0.336 e. The topological polar surface area (TPSA) is 90.9 Å². The van der Waals surface area contributed by atoms with Crippen LogP contribution in [0.25, 0.3) is 33.3 Å². The van der Waals surface area contributed by atoms with Crippen molar-refractivity contribution in [3.63, 3.8) is 0 Å². The normalized spacial score (nSPS) is 11.2. The summed E-state index contributed by atoms with van der Waals surface area (Å²) < 4.78 is 23.4. The van der Waals surface area contributed by atoms with E-state index in [1.807, 2.05) is 68.4 Å². The Balaban J connectivity index is 1.67. The van der Waals surface area contributed by atoms with Crippen LogP contribution >= 0.6 is 0 Å². The second-order valence-electron chi connectivity index (χ2n) is 8.70. The summed E-state index contributed by atoms with van der Waals surface area (Å²) in [5.41, 5.74) is 2.22. The zero-order chi connectivity index (χ0) is 25.2. The Morgan fingerprint density at radius 2 is 1.69 bits per heavy atom. The Morgan fingerprint density at radius 3 is 2.44 bits per heavy atom. The molecular formula is C29H25NO6. The van der Waals surface area contributed by atoms with Crippen LogP contribution in [0.4, 0.5) is 5.69 Å². The third-order valence-electron chi connectivity index (χ3n) is 5.86. The van der Waals surface area contributed by atoms with Crippen molar-refractivity contribution in [2.75, 3.05) is 12.4 Å². The molecule has 0 aliphatic heterocycles. The van der Waals surface area contributed by atoms with Crippen LogP contribution in [0.2, 0.25) is 0 Å². The molecule has 0 radical (unpaired) electrons. The molecule has 36 heavy (non-hydrogen) atoms. The van der Waals surface area contributed by atoms with Gasteiger partial charge in [0.2, 0.25) is 5.91 Å². The lowest BCUT2D eigenvalue weighted by molar-refractivity contribution is -0.118. The molecule has 0 fully saturated rings. The Hall–Kier alpha value is -4.52. The predicted octanol–water partition coefficient (Wildman–Crippen LogP) is 6.39. The van der Waals surface area contributed by atoms with E-state index in [9.17, 15) is 9.59 Å². The summed E-state index contributed by atoms with van der Waals surface area (Å²) >= 11 is 0. The Kier molecular flexibility index (Phi) is 6.21. The first-order chi connectivity index (χ1) is 17.4. The van der Waals surface area contributed by atoms with Crippen molar-refractivity contribution in [2.45, 2.75) is 20.5 Å². The summed E-state index contributed by atoms with van der Waals surface area (Å²) in [5, 5.41) is 4.23. The third-order valence-corrected chi connectivity index (χ3v) is 5.86. The van der Waals surface area contributed by atoms with Crippen LogP contribution in [0.15, 0.2) is 86.4 Å². The number of para-hydroxylation sites is 1. The number of hydrogen-bond donors (Lipinski definition) is 1. The van der Waals surface area contributed by atoms with Gasteiger partial charge in [-0.25, -0.2) is 4.79 Å². The average molecular weight is 484 g/mol. The number of methoxy groups -OCH3 is 1. The van der Waals surface area contributed by atoms with E-state index >= 15 is 0 Å². The number of rotatable bonds is 7. The highest BCUT2D eigenvalue weighted by molar-refractivity contribution is 6.10. The lowest BCUT2D eigenvalue weighted by Gasteiger charge is -2.13. The lowest BCUT2D eigenvalue weighted by Crippen LogP contribution is -2.18. The summed E-state index contributed by atoms with van der Waals surface area (Å²) in [4.78, 5) is 25.3. The fourth-order valence-corrected chi connectivity index (χ4v) is 4.03. The minimum absolute atomic E-state index is 0.168. The lowest BCUT2D eigenvalue weighted by atomic mass is 10.0. The molecule has 1 amide bonds. The van der Waals surface area contributed by atoms with E-state index in [4.69, 9.17) is 18.3 Å². The maximum absolute atomic E-state index is 12.7. The highest BCUT2D eigenvalue weighted by atomic mass is 16.5. The summed E-state index contributed by atoms with van der Waals surface area (Å²) in [5.74, 6) is 0.860. The average Bonchev–Trinajstić information content (AvgIpc) is 3.25. The molecule has 7 heteroatoms. The van der Waals surface area contributed by atoms with Crippen LogP contribution in [0.5, 0.6) is 11.5 Å². The van der Waals surface area contributed by atoms with Crippen molar-refractivity contribution < 1.29 is 23.1 Å². The summed E-state index contributed by atoms with van der Waals surface area (Å²) in [6.07, 6.45) is 0. The molecule has 1 N–H and O–H groups in total. The highest BCUT2D eigenvalue weighted by Gasteiger charge is 2.24. The fourth-order valence-electron chi connectivity index (χ4n) is 4.03. The Morgan fingerprint density at radius 1 is 0.944 bits per heavy atom. The zero-order valence-corrected chi connectivity index (χ0v) is 20.2. The van der Waals surface area contributed by atoms with Crippen LogP contribution in [0.1, 0.15) is 19.4 Å². The van der Waals surface area contributed by atoms with Crippen molar-refractivity contribution in [1.82, 2.24) is 0 Å². The van der Waals surface area contributed by atoms with Gasteiger partial charge in [-0.2, -0.15) is 0 Å². The van der Waals surface area contributed by atoms with Crippen LogP contribution < -0.4 is 20.4 Å². The SMILES string of the molecule is COc1cc(OCc2ccccc2)cc2oc(=O)cc(-c3oc4ccccc4c3NC(=O)C(C)C)c12. The van der Waals surface area contributed by atoms with Crippen molar-refractivity contribution in [1.29, 1.82) is 0 Å². The minimum Gasteiger partial charge on any atom is -0.496 e. The van der Waals surface area contributed by atoms with E-state index in [1.54, 1.807) is 12.1 Å². The number of benzene rings is 3. The zero-order valence-electron chi connectivity index (χ0n) is 20.2. The van der Waals surface area contributed by atoms with Gasteiger partial charge in [-0.1, -0.05) is 56.3 Å². The molecule has 3 aromatic carbocycles. The molecular weight excluding hydrogens is 458 g/mol. The molecule has 0 aliphatic rings.